The lowest BCUT2D eigenvalue weighted by Crippen LogP contribution is -2.07. The average molecular weight is 478 g/mol. The van der Waals surface area contributed by atoms with Crippen LogP contribution in [-0.4, -0.2) is 23.4 Å². The summed E-state index contributed by atoms with van der Waals surface area (Å²) in [6, 6.07) is 6.72. The number of rotatable bonds is 2. The Kier molecular flexibility index (Phi) is 3.78. The lowest BCUT2D eigenvalue weighted by Gasteiger charge is -2.06. The van der Waals surface area contributed by atoms with Crippen molar-refractivity contribution in [2.75, 3.05) is 0 Å². The maximum atomic E-state index is 12.7. The molecule has 2 heterocycles. The molecule has 0 atom stereocenters. The smallest absolute Gasteiger partial charge is 0.226 e. The lowest BCUT2D eigenvalue weighted by molar-refractivity contribution is 0.591. The monoisotopic (exact) mass is 477 g/mol. The molecule has 0 bridgehead atoms. The molecule has 0 fully saturated rings. The molecule has 0 unspecified atom stereocenters. The van der Waals surface area contributed by atoms with Crippen molar-refractivity contribution in [2.45, 2.75) is 16.8 Å². The molecule has 108 valence electrons. The number of sulfone groups is 1. The number of halogens is 2. The summed E-state index contributed by atoms with van der Waals surface area (Å²) in [4.78, 5) is 11.6. The maximum absolute atomic E-state index is 12.7. The first kappa shape index (κ1) is 14.9. The third kappa shape index (κ3) is 2.59. The fourth-order valence-corrected chi connectivity index (χ4v) is 4.67. The zero-order valence-corrected chi connectivity index (χ0v) is 15.3. The van der Waals surface area contributed by atoms with Crippen LogP contribution in [0.2, 0.25) is 0 Å². The van der Waals surface area contributed by atoms with Gasteiger partial charge in [-0.05, 0) is 63.1 Å². The van der Waals surface area contributed by atoms with Crippen LogP contribution < -0.4 is 0 Å². The van der Waals surface area contributed by atoms with Gasteiger partial charge in [-0.25, -0.2) is 18.4 Å². The van der Waals surface area contributed by atoms with Crippen molar-refractivity contribution in [2.24, 2.45) is 0 Å². The Balaban J connectivity index is 2.26. The highest BCUT2D eigenvalue weighted by atomic mass is 127. The van der Waals surface area contributed by atoms with Gasteiger partial charge in [0.25, 0.3) is 0 Å². The summed E-state index contributed by atoms with van der Waals surface area (Å²) in [5.41, 5.74) is 1.97. The van der Waals surface area contributed by atoms with Crippen LogP contribution in [-0.2, 0) is 9.84 Å². The SMILES string of the molecule is Cc1cccc(S(=O)(=O)c2nc3[nH]cc(I)c3nc2Br)c1. The zero-order valence-electron chi connectivity index (χ0n) is 10.8. The van der Waals surface area contributed by atoms with Gasteiger partial charge in [0.2, 0.25) is 9.84 Å². The van der Waals surface area contributed by atoms with Crippen molar-refractivity contribution in [1.29, 1.82) is 0 Å². The first-order chi connectivity index (χ1) is 9.89. The normalized spacial score (nSPS) is 12.0. The largest absolute Gasteiger partial charge is 0.344 e. The second-order valence-corrected chi connectivity index (χ2v) is 8.25. The van der Waals surface area contributed by atoms with E-state index in [4.69, 9.17) is 0 Å². The third-order valence-electron chi connectivity index (χ3n) is 2.94. The summed E-state index contributed by atoms with van der Waals surface area (Å²) in [5, 5.41) is -0.0844. The van der Waals surface area contributed by atoms with Crippen LogP contribution in [0.5, 0.6) is 0 Å². The Hall–Kier alpha value is -1.00. The summed E-state index contributed by atoms with van der Waals surface area (Å²) in [6.45, 7) is 1.84. The Bertz CT molecular complexity index is 953. The quantitative estimate of drug-likeness (QED) is 0.573. The predicted molar refractivity (Wildman–Crippen MR) is 90.9 cm³/mol. The number of nitrogens with one attached hydrogen (secondary N) is 1. The molecule has 5 nitrogen and oxygen atoms in total. The predicted octanol–water partition coefficient (Wildman–Crippen LogP) is 3.47. The molecule has 21 heavy (non-hydrogen) atoms. The van der Waals surface area contributed by atoms with Gasteiger partial charge in [0, 0.05) is 6.20 Å². The van der Waals surface area contributed by atoms with E-state index < -0.39 is 9.84 Å². The molecule has 1 aromatic carbocycles. The number of aryl methyl sites for hydroxylation is 1. The van der Waals surface area contributed by atoms with Gasteiger partial charge in [0.15, 0.2) is 10.7 Å². The van der Waals surface area contributed by atoms with E-state index in [-0.39, 0.29) is 14.5 Å². The number of hydrogen-bond acceptors (Lipinski definition) is 4. The Morgan fingerprint density at radius 2 is 2.05 bits per heavy atom. The molecule has 3 rings (SSSR count). The molecule has 0 aliphatic heterocycles. The molecule has 0 amide bonds. The van der Waals surface area contributed by atoms with Crippen molar-refractivity contribution >= 4 is 59.5 Å². The van der Waals surface area contributed by atoms with Crippen LogP contribution in [0.15, 0.2) is 45.0 Å². The van der Waals surface area contributed by atoms with E-state index in [1.807, 2.05) is 13.0 Å². The highest BCUT2D eigenvalue weighted by Gasteiger charge is 2.25. The van der Waals surface area contributed by atoms with E-state index in [0.29, 0.717) is 11.2 Å². The van der Waals surface area contributed by atoms with Gasteiger partial charge in [-0.3, -0.25) is 0 Å². The zero-order chi connectivity index (χ0) is 15.2. The van der Waals surface area contributed by atoms with Crippen molar-refractivity contribution in [3.8, 4) is 0 Å². The van der Waals surface area contributed by atoms with Crippen molar-refractivity contribution in [3.63, 3.8) is 0 Å². The third-order valence-corrected chi connectivity index (χ3v) is 6.25. The number of benzene rings is 1. The van der Waals surface area contributed by atoms with Crippen LogP contribution in [0.1, 0.15) is 5.56 Å². The van der Waals surface area contributed by atoms with Crippen LogP contribution in [0.4, 0.5) is 0 Å². The van der Waals surface area contributed by atoms with E-state index in [9.17, 15) is 8.42 Å². The van der Waals surface area contributed by atoms with Crippen LogP contribution >= 0.6 is 38.5 Å². The maximum Gasteiger partial charge on any atom is 0.226 e. The summed E-state index contributed by atoms with van der Waals surface area (Å²) in [5.74, 6) is 0. The number of nitrogens with zero attached hydrogens (tertiary/aromatic N) is 2. The van der Waals surface area contributed by atoms with Crippen LogP contribution in [0, 0.1) is 10.5 Å². The Morgan fingerprint density at radius 3 is 2.76 bits per heavy atom. The Morgan fingerprint density at radius 1 is 1.29 bits per heavy atom. The molecule has 0 aliphatic rings. The molecular weight excluding hydrogens is 469 g/mol. The molecule has 8 heteroatoms. The molecule has 0 saturated heterocycles. The van der Waals surface area contributed by atoms with Crippen LogP contribution in [0.3, 0.4) is 0 Å². The molecular formula is C13H9BrIN3O2S. The number of hydrogen-bond donors (Lipinski definition) is 1. The van der Waals surface area contributed by atoms with Crippen molar-refractivity contribution in [3.05, 3.63) is 44.2 Å². The van der Waals surface area contributed by atoms with E-state index >= 15 is 0 Å². The van der Waals surface area contributed by atoms with E-state index in [1.165, 1.54) is 0 Å². The second kappa shape index (κ2) is 5.33. The van der Waals surface area contributed by atoms with Crippen molar-refractivity contribution < 1.29 is 8.42 Å². The number of fused-ring (bicyclic) bond motifs is 1. The van der Waals surface area contributed by atoms with E-state index in [1.54, 1.807) is 24.4 Å². The van der Waals surface area contributed by atoms with Crippen molar-refractivity contribution in [1.82, 2.24) is 15.0 Å². The highest BCUT2D eigenvalue weighted by Crippen LogP contribution is 2.28. The highest BCUT2D eigenvalue weighted by molar-refractivity contribution is 14.1. The summed E-state index contributed by atoms with van der Waals surface area (Å²) in [7, 11) is -3.72. The summed E-state index contributed by atoms with van der Waals surface area (Å²) < 4.78 is 26.5. The molecule has 0 aliphatic carbocycles. The van der Waals surface area contributed by atoms with E-state index in [2.05, 4.69) is 53.5 Å². The molecule has 0 radical (unpaired) electrons. The first-order valence-electron chi connectivity index (χ1n) is 5.91. The standard InChI is InChI=1S/C13H9BrIN3O2S/c1-7-3-2-4-8(5-7)21(19,20)13-11(14)17-10-9(15)6-16-12(10)18-13/h2-6H,1H3,(H,16,18). The molecule has 3 aromatic rings. The van der Waals surface area contributed by atoms with Gasteiger partial charge >= 0.3 is 0 Å². The van der Waals surface area contributed by atoms with E-state index in [0.717, 1.165) is 9.13 Å². The van der Waals surface area contributed by atoms with Gasteiger partial charge in [-0.1, -0.05) is 12.1 Å². The molecule has 0 spiro atoms. The first-order valence-corrected chi connectivity index (χ1v) is 9.27. The minimum atomic E-state index is -3.72. The van der Waals surface area contributed by atoms with Gasteiger partial charge in [-0.2, -0.15) is 0 Å². The van der Waals surface area contributed by atoms with Gasteiger partial charge < -0.3 is 4.98 Å². The fraction of sp³-hybridized carbons (Fsp3) is 0.0769. The number of H-pyrrole nitrogens is 1. The minimum absolute atomic E-state index is 0.0844. The van der Waals surface area contributed by atoms with Gasteiger partial charge in [-0.15, -0.1) is 0 Å². The fourth-order valence-electron chi connectivity index (χ4n) is 1.93. The molecule has 2 aromatic heterocycles. The second-order valence-electron chi connectivity index (χ2n) is 4.47. The molecule has 0 saturated carbocycles. The summed E-state index contributed by atoms with van der Waals surface area (Å²) in [6.07, 6.45) is 1.74. The lowest BCUT2D eigenvalue weighted by atomic mass is 10.2. The number of aromatic amines is 1. The summed E-state index contributed by atoms with van der Waals surface area (Å²) >= 11 is 5.33. The topological polar surface area (TPSA) is 75.7 Å². The average Bonchev–Trinajstić information content (AvgIpc) is 2.79. The van der Waals surface area contributed by atoms with Gasteiger partial charge in [0.05, 0.1) is 8.47 Å². The van der Waals surface area contributed by atoms with Crippen LogP contribution in [0.25, 0.3) is 11.2 Å². The number of aromatic nitrogens is 3. The van der Waals surface area contributed by atoms with Gasteiger partial charge in [0.1, 0.15) is 10.1 Å². The molecule has 1 N–H and O–H groups in total. The Labute approximate surface area is 143 Å². The minimum Gasteiger partial charge on any atom is -0.344 e.